The van der Waals surface area contributed by atoms with Gasteiger partial charge >= 0.3 is 0 Å². The molecule has 0 bridgehead atoms. The molecule has 1 aromatic carbocycles. The predicted molar refractivity (Wildman–Crippen MR) is 108 cm³/mol. The van der Waals surface area contributed by atoms with E-state index in [0.717, 1.165) is 24.8 Å². The summed E-state index contributed by atoms with van der Waals surface area (Å²) in [6.45, 7) is 4.02. The number of hydrogen-bond acceptors (Lipinski definition) is 4. The molecule has 3 rings (SSSR count). The van der Waals surface area contributed by atoms with Gasteiger partial charge in [-0.05, 0) is 51.2 Å². The number of piperidine rings is 1. The molecule has 0 unspecified atom stereocenters. The number of nitrogens with one attached hydrogen (secondary N) is 1. The number of benzene rings is 1. The zero-order valence-corrected chi connectivity index (χ0v) is 17.5. The van der Waals surface area contributed by atoms with Gasteiger partial charge in [-0.3, -0.25) is 4.79 Å². The Bertz CT molecular complexity index is 734. The van der Waals surface area contributed by atoms with Crippen LogP contribution < -0.4 is 5.32 Å². The first-order valence-electron chi connectivity index (χ1n) is 10.4. The van der Waals surface area contributed by atoms with Gasteiger partial charge in [-0.1, -0.05) is 30.5 Å². The van der Waals surface area contributed by atoms with Crippen LogP contribution in [0.2, 0.25) is 0 Å². The molecule has 2 fully saturated rings. The Kier molecular flexibility index (Phi) is 7.48. The van der Waals surface area contributed by atoms with E-state index in [1.807, 2.05) is 19.1 Å². The smallest absolute Gasteiger partial charge is 0.243 e. The summed E-state index contributed by atoms with van der Waals surface area (Å²) in [5, 5.41) is 2.98. The van der Waals surface area contributed by atoms with Gasteiger partial charge in [-0.15, -0.1) is 0 Å². The van der Waals surface area contributed by atoms with E-state index in [-0.39, 0.29) is 11.8 Å². The Morgan fingerprint density at radius 1 is 1.11 bits per heavy atom. The van der Waals surface area contributed by atoms with Crippen molar-refractivity contribution >= 4 is 15.9 Å². The van der Waals surface area contributed by atoms with Gasteiger partial charge in [0.25, 0.3) is 0 Å². The molecule has 156 valence electrons. The van der Waals surface area contributed by atoms with Crippen LogP contribution in [0, 0.1) is 12.8 Å². The highest BCUT2D eigenvalue weighted by Crippen LogP contribution is 2.24. The number of aryl methyl sites for hydroxylation is 1. The number of carbonyl (C=O) groups is 1. The second-order valence-corrected chi connectivity index (χ2v) is 9.85. The Balaban J connectivity index is 1.38. The maximum absolute atomic E-state index is 12.7. The number of carbonyl (C=O) groups excluding carboxylic acids is 1. The highest BCUT2D eigenvalue weighted by atomic mass is 32.2. The van der Waals surface area contributed by atoms with E-state index in [2.05, 4.69) is 5.32 Å². The second kappa shape index (κ2) is 9.85. The van der Waals surface area contributed by atoms with Crippen molar-refractivity contribution in [3.8, 4) is 0 Å². The van der Waals surface area contributed by atoms with Gasteiger partial charge in [-0.2, -0.15) is 4.31 Å². The molecule has 1 saturated heterocycles. The maximum Gasteiger partial charge on any atom is 0.243 e. The minimum absolute atomic E-state index is 0.0354. The van der Waals surface area contributed by atoms with E-state index >= 15 is 0 Å². The van der Waals surface area contributed by atoms with Crippen molar-refractivity contribution in [2.75, 3.05) is 26.2 Å². The van der Waals surface area contributed by atoms with Crippen LogP contribution in [0.3, 0.4) is 0 Å². The highest BCUT2D eigenvalue weighted by molar-refractivity contribution is 7.89. The first-order valence-corrected chi connectivity index (χ1v) is 11.9. The van der Waals surface area contributed by atoms with Crippen LogP contribution in [-0.2, 0) is 19.6 Å². The van der Waals surface area contributed by atoms with E-state index in [0.29, 0.717) is 50.1 Å². The highest BCUT2D eigenvalue weighted by Gasteiger charge is 2.31. The number of ether oxygens (including phenoxy) is 1. The van der Waals surface area contributed by atoms with Crippen LogP contribution in [0.25, 0.3) is 0 Å². The van der Waals surface area contributed by atoms with Gasteiger partial charge in [-0.25, -0.2) is 8.42 Å². The van der Waals surface area contributed by atoms with Crippen molar-refractivity contribution in [3.05, 3.63) is 29.8 Å². The van der Waals surface area contributed by atoms with Crippen molar-refractivity contribution in [1.82, 2.24) is 9.62 Å². The molecule has 0 atom stereocenters. The fourth-order valence-corrected chi connectivity index (χ4v) is 5.42. The first kappa shape index (κ1) is 21.3. The van der Waals surface area contributed by atoms with E-state index in [1.54, 1.807) is 12.1 Å². The Morgan fingerprint density at radius 2 is 1.75 bits per heavy atom. The van der Waals surface area contributed by atoms with Crippen molar-refractivity contribution in [1.29, 1.82) is 0 Å². The number of amides is 1. The molecule has 1 aliphatic heterocycles. The normalized spacial score (nSPS) is 19.8. The van der Waals surface area contributed by atoms with E-state index in [1.165, 1.54) is 17.1 Å². The molecule has 1 amide bonds. The molecule has 0 spiro atoms. The molecule has 7 heteroatoms. The zero-order valence-electron chi connectivity index (χ0n) is 16.7. The average molecular weight is 409 g/mol. The quantitative estimate of drug-likeness (QED) is 0.671. The van der Waals surface area contributed by atoms with Crippen LogP contribution in [-0.4, -0.2) is 51.0 Å². The molecule has 1 heterocycles. The summed E-state index contributed by atoms with van der Waals surface area (Å²) in [6, 6.07) is 6.92. The summed E-state index contributed by atoms with van der Waals surface area (Å²) in [5.41, 5.74) is 1.03. The van der Waals surface area contributed by atoms with Gasteiger partial charge in [0.2, 0.25) is 15.9 Å². The lowest BCUT2D eigenvalue weighted by molar-refractivity contribution is -0.126. The third-order valence-corrected chi connectivity index (χ3v) is 7.67. The maximum atomic E-state index is 12.7. The zero-order chi connectivity index (χ0) is 20.0. The van der Waals surface area contributed by atoms with Gasteiger partial charge < -0.3 is 10.1 Å². The van der Waals surface area contributed by atoms with Gasteiger partial charge in [0.15, 0.2) is 0 Å². The summed E-state index contributed by atoms with van der Waals surface area (Å²) < 4.78 is 32.8. The SMILES string of the molecule is Cc1ccc(S(=O)(=O)N2CCC(C(=O)NCCCOC3CCCC3)CC2)cc1. The number of sulfonamides is 1. The number of hydrogen-bond donors (Lipinski definition) is 1. The molecule has 1 N–H and O–H groups in total. The molecular weight excluding hydrogens is 376 g/mol. The molecule has 0 aromatic heterocycles. The van der Waals surface area contributed by atoms with E-state index in [9.17, 15) is 13.2 Å². The van der Waals surface area contributed by atoms with Crippen molar-refractivity contribution in [3.63, 3.8) is 0 Å². The minimum Gasteiger partial charge on any atom is -0.378 e. The lowest BCUT2D eigenvalue weighted by Gasteiger charge is -2.30. The fraction of sp³-hybridized carbons (Fsp3) is 0.667. The van der Waals surface area contributed by atoms with Gasteiger partial charge in [0.1, 0.15) is 0 Å². The van der Waals surface area contributed by atoms with Crippen molar-refractivity contribution < 1.29 is 17.9 Å². The first-order chi connectivity index (χ1) is 13.5. The predicted octanol–water partition coefficient (Wildman–Crippen LogP) is 2.86. The Hall–Kier alpha value is -1.44. The lowest BCUT2D eigenvalue weighted by Crippen LogP contribution is -2.43. The summed E-state index contributed by atoms with van der Waals surface area (Å²) in [4.78, 5) is 12.7. The van der Waals surface area contributed by atoms with Crippen molar-refractivity contribution in [2.24, 2.45) is 5.92 Å². The molecular formula is C21H32N2O4S. The number of nitrogens with zero attached hydrogens (tertiary/aromatic N) is 1. The topological polar surface area (TPSA) is 75.7 Å². The summed E-state index contributed by atoms with van der Waals surface area (Å²) in [5.74, 6) is -0.0755. The standard InChI is InChI=1S/C21H32N2O4S/c1-17-7-9-20(10-8-17)28(25,26)23-14-11-18(12-15-23)21(24)22-13-4-16-27-19-5-2-3-6-19/h7-10,18-19H,2-6,11-16H2,1H3,(H,22,24). The Morgan fingerprint density at radius 3 is 2.39 bits per heavy atom. The molecule has 1 aliphatic carbocycles. The Labute approximate surface area is 168 Å². The lowest BCUT2D eigenvalue weighted by atomic mass is 9.97. The summed E-state index contributed by atoms with van der Waals surface area (Å²) >= 11 is 0. The van der Waals surface area contributed by atoms with Gasteiger partial charge in [0, 0.05) is 32.2 Å². The third-order valence-electron chi connectivity index (χ3n) is 5.76. The largest absolute Gasteiger partial charge is 0.378 e. The van der Waals surface area contributed by atoms with Crippen LogP contribution in [0.5, 0.6) is 0 Å². The fourth-order valence-electron chi connectivity index (χ4n) is 3.95. The molecule has 0 radical (unpaired) electrons. The van der Waals surface area contributed by atoms with E-state index < -0.39 is 10.0 Å². The van der Waals surface area contributed by atoms with Crippen LogP contribution in [0.4, 0.5) is 0 Å². The van der Waals surface area contributed by atoms with Crippen LogP contribution >= 0.6 is 0 Å². The number of rotatable bonds is 8. The van der Waals surface area contributed by atoms with Crippen LogP contribution in [0.1, 0.15) is 50.5 Å². The third kappa shape index (κ3) is 5.55. The molecule has 6 nitrogen and oxygen atoms in total. The molecule has 28 heavy (non-hydrogen) atoms. The minimum atomic E-state index is -3.48. The molecule has 1 aromatic rings. The van der Waals surface area contributed by atoms with Gasteiger partial charge in [0.05, 0.1) is 11.0 Å². The monoisotopic (exact) mass is 408 g/mol. The van der Waals surface area contributed by atoms with E-state index in [4.69, 9.17) is 4.74 Å². The summed E-state index contributed by atoms with van der Waals surface area (Å²) in [7, 11) is -3.48. The summed E-state index contributed by atoms with van der Waals surface area (Å²) in [6.07, 6.45) is 7.22. The van der Waals surface area contributed by atoms with Crippen molar-refractivity contribution in [2.45, 2.75) is 62.9 Å². The molecule has 2 aliphatic rings. The average Bonchev–Trinajstić information content (AvgIpc) is 3.21. The van der Waals surface area contributed by atoms with Crippen LogP contribution in [0.15, 0.2) is 29.2 Å². The molecule has 1 saturated carbocycles. The second-order valence-electron chi connectivity index (χ2n) is 7.91.